The van der Waals surface area contributed by atoms with Crippen molar-refractivity contribution in [2.75, 3.05) is 0 Å². The molecule has 1 heterocycles. The molecule has 0 saturated heterocycles. The van der Waals surface area contributed by atoms with E-state index >= 15 is 0 Å². The van der Waals surface area contributed by atoms with Crippen molar-refractivity contribution in [2.24, 2.45) is 23.7 Å². The number of nitrogens with one attached hydrogen (secondary N) is 2. The van der Waals surface area contributed by atoms with Crippen molar-refractivity contribution in [3.05, 3.63) is 105 Å². The van der Waals surface area contributed by atoms with Crippen LogP contribution < -0.4 is 10.6 Å². The molecule has 5 atom stereocenters. The fourth-order valence-electron chi connectivity index (χ4n) is 7.58. The summed E-state index contributed by atoms with van der Waals surface area (Å²) in [7, 11) is 0. The first-order valence-corrected chi connectivity index (χ1v) is 18.7. The van der Waals surface area contributed by atoms with Gasteiger partial charge in [0.2, 0.25) is 11.8 Å². The molecule has 2 aromatic carbocycles. The minimum atomic E-state index is -1.41. The Morgan fingerprint density at radius 1 is 0.923 bits per heavy atom. The number of amides is 2. The Kier molecular flexibility index (Phi) is 12.8. The first-order valence-electron chi connectivity index (χ1n) is 18.3. The molecule has 2 aliphatic rings. The average Bonchev–Trinajstić information content (AvgIpc) is 3.50. The Morgan fingerprint density at radius 3 is 2.27 bits per heavy atom. The minimum Gasteiger partial charge on any atom is -0.352 e. The van der Waals surface area contributed by atoms with Crippen molar-refractivity contribution in [3.8, 4) is 0 Å². The summed E-state index contributed by atoms with van der Waals surface area (Å²) in [4.78, 5) is 60.3. The molecule has 0 bridgehead atoms. The third-order valence-corrected chi connectivity index (χ3v) is 11.6. The summed E-state index contributed by atoms with van der Waals surface area (Å²) in [6.45, 7) is 8.01. The SMILES string of the molecule is CCC(C)[C@H](CC(=O)[C@@]1(NC(=O)[C@@H](CC(=O)Cc2ccccc2F)C(C)CC)CCC2=C(C1)c1cc(F)cc(Cl)c1C2)C(=O)NCc1ccncc1. The number of allylic oxidation sites excluding steroid dienone is 1. The Labute approximate surface area is 310 Å². The van der Waals surface area contributed by atoms with Crippen LogP contribution in [0.2, 0.25) is 5.02 Å². The Morgan fingerprint density at radius 2 is 1.60 bits per heavy atom. The quantitative estimate of drug-likeness (QED) is 0.155. The smallest absolute Gasteiger partial charge is 0.224 e. The number of ketones is 2. The highest BCUT2D eigenvalue weighted by molar-refractivity contribution is 6.31. The highest BCUT2D eigenvalue weighted by Gasteiger charge is 2.47. The van der Waals surface area contributed by atoms with Crippen LogP contribution in [0.5, 0.6) is 0 Å². The molecule has 0 saturated carbocycles. The highest BCUT2D eigenvalue weighted by atomic mass is 35.5. The van der Waals surface area contributed by atoms with Gasteiger partial charge in [-0.05, 0) is 89.3 Å². The lowest BCUT2D eigenvalue weighted by Gasteiger charge is -2.40. The largest absolute Gasteiger partial charge is 0.352 e. The molecule has 2 amide bonds. The molecule has 0 radical (unpaired) electrons. The molecule has 2 unspecified atom stereocenters. The fraction of sp³-hybridized carbons (Fsp3) is 0.452. The summed E-state index contributed by atoms with van der Waals surface area (Å²) in [6.07, 6.45) is 5.56. The van der Waals surface area contributed by atoms with Crippen molar-refractivity contribution in [2.45, 2.75) is 97.6 Å². The van der Waals surface area contributed by atoms with Crippen LogP contribution in [-0.2, 0) is 38.6 Å². The minimum absolute atomic E-state index is 0.113. The van der Waals surface area contributed by atoms with Crippen LogP contribution in [0.4, 0.5) is 8.78 Å². The van der Waals surface area contributed by atoms with Gasteiger partial charge in [0.1, 0.15) is 23.0 Å². The zero-order valence-electron chi connectivity index (χ0n) is 30.4. The van der Waals surface area contributed by atoms with E-state index in [1.54, 1.807) is 30.6 Å². The van der Waals surface area contributed by atoms with E-state index < -0.39 is 34.9 Å². The molecule has 276 valence electrons. The van der Waals surface area contributed by atoms with Gasteiger partial charge in [0.25, 0.3) is 0 Å². The zero-order valence-corrected chi connectivity index (χ0v) is 31.1. The van der Waals surface area contributed by atoms with Crippen LogP contribution in [0.25, 0.3) is 5.57 Å². The molecule has 2 aliphatic carbocycles. The van der Waals surface area contributed by atoms with Gasteiger partial charge in [-0.1, -0.05) is 75.9 Å². The monoisotopic (exact) mass is 731 g/mol. The number of carbonyl (C=O) groups excluding carboxylic acids is 4. The first kappa shape index (κ1) is 39.0. The summed E-state index contributed by atoms with van der Waals surface area (Å²) in [6, 6.07) is 12.4. The van der Waals surface area contributed by atoms with Crippen LogP contribution in [0.3, 0.4) is 0 Å². The second-order valence-electron chi connectivity index (χ2n) is 14.6. The van der Waals surface area contributed by atoms with Gasteiger partial charge in [0.05, 0.1) is 0 Å². The predicted molar refractivity (Wildman–Crippen MR) is 198 cm³/mol. The molecule has 0 aliphatic heterocycles. The van der Waals surface area contributed by atoms with E-state index in [0.29, 0.717) is 36.3 Å². The zero-order chi connectivity index (χ0) is 37.6. The van der Waals surface area contributed by atoms with Gasteiger partial charge in [0.15, 0.2) is 5.78 Å². The number of hydrogen-bond acceptors (Lipinski definition) is 5. The normalized spacial score (nSPS) is 18.8. The maximum atomic E-state index is 14.8. The molecule has 3 aromatic rings. The number of pyridine rings is 1. The van der Waals surface area contributed by atoms with Crippen molar-refractivity contribution >= 4 is 40.6 Å². The number of fused-ring (bicyclic) bond motifs is 2. The van der Waals surface area contributed by atoms with E-state index in [0.717, 1.165) is 22.3 Å². The number of carbonyl (C=O) groups is 4. The number of nitrogens with zero attached hydrogens (tertiary/aromatic N) is 1. The number of aromatic nitrogens is 1. The Balaban J connectivity index is 1.45. The molecule has 2 N–H and O–H groups in total. The van der Waals surface area contributed by atoms with Crippen LogP contribution in [0.15, 0.2) is 66.5 Å². The molecule has 0 spiro atoms. The number of Topliss-reactive ketones (excluding diaryl/α,β-unsaturated/α-hetero) is 2. The molecule has 7 nitrogen and oxygen atoms in total. The van der Waals surface area contributed by atoms with Crippen LogP contribution in [0.1, 0.15) is 94.9 Å². The Hall–Kier alpha value is -4.24. The van der Waals surface area contributed by atoms with Gasteiger partial charge in [-0.15, -0.1) is 0 Å². The second kappa shape index (κ2) is 17.1. The van der Waals surface area contributed by atoms with E-state index in [9.17, 15) is 28.0 Å². The number of halogens is 3. The van der Waals surface area contributed by atoms with E-state index in [-0.39, 0.29) is 73.5 Å². The van der Waals surface area contributed by atoms with E-state index in [1.807, 2.05) is 39.8 Å². The summed E-state index contributed by atoms with van der Waals surface area (Å²) in [5.74, 6) is -4.04. The molecule has 52 heavy (non-hydrogen) atoms. The summed E-state index contributed by atoms with van der Waals surface area (Å²) in [5.41, 5.74) is 3.00. The van der Waals surface area contributed by atoms with E-state index in [1.165, 1.54) is 18.2 Å². The lowest BCUT2D eigenvalue weighted by molar-refractivity contribution is -0.139. The van der Waals surface area contributed by atoms with Gasteiger partial charge in [0, 0.05) is 61.5 Å². The van der Waals surface area contributed by atoms with Gasteiger partial charge < -0.3 is 10.6 Å². The third kappa shape index (κ3) is 8.85. The summed E-state index contributed by atoms with van der Waals surface area (Å²) in [5, 5.41) is 6.45. The number of benzene rings is 2. The van der Waals surface area contributed by atoms with Crippen LogP contribution >= 0.6 is 11.6 Å². The van der Waals surface area contributed by atoms with Crippen LogP contribution in [-0.4, -0.2) is 33.9 Å². The molecule has 5 rings (SSSR count). The topological polar surface area (TPSA) is 105 Å². The lowest BCUT2D eigenvalue weighted by Crippen LogP contribution is -2.58. The van der Waals surface area contributed by atoms with Gasteiger partial charge in [-0.25, -0.2) is 8.78 Å². The van der Waals surface area contributed by atoms with Crippen molar-refractivity contribution in [3.63, 3.8) is 0 Å². The molecular formula is C42H48ClF2N3O4. The number of rotatable bonds is 16. The maximum Gasteiger partial charge on any atom is 0.224 e. The summed E-state index contributed by atoms with van der Waals surface area (Å²) >= 11 is 6.49. The lowest BCUT2D eigenvalue weighted by atomic mass is 9.71. The van der Waals surface area contributed by atoms with Crippen molar-refractivity contribution in [1.29, 1.82) is 0 Å². The number of hydrogen-bond donors (Lipinski definition) is 2. The summed E-state index contributed by atoms with van der Waals surface area (Å²) < 4.78 is 29.1. The third-order valence-electron chi connectivity index (χ3n) is 11.3. The predicted octanol–water partition coefficient (Wildman–Crippen LogP) is 8.16. The van der Waals surface area contributed by atoms with Gasteiger partial charge >= 0.3 is 0 Å². The molecular weight excluding hydrogens is 684 g/mol. The van der Waals surface area contributed by atoms with E-state index in [4.69, 9.17) is 11.6 Å². The Bertz CT molecular complexity index is 1850. The molecule has 1 aromatic heterocycles. The highest BCUT2D eigenvalue weighted by Crippen LogP contribution is 2.48. The standard InChI is InChI=1S/C42H48ClF2N3O4/c1-5-25(3)32(21-31(49)17-29-9-7-8-10-38(29)45)41(52)48-42(14-11-28-18-35-34(36(28)23-42)19-30(44)20-37(35)43)39(50)22-33(26(4)6-2)40(51)47-24-27-12-15-46-16-13-27/h7-10,12-13,15-16,19-20,25-26,32-33H,5-6,11,14,17-18,21-24H2,1-4H3,(H,47,51)(H,48,52)/t25?,26?,32-,33-,42+/m0/s1. The first-order chi connectivity index (χ1) is 24.8. The average molecular weight is 732 g/mol. The van der Waals surface area contributed by atoms with Gasteiger partial charge in [-0.3, -0.25) is 24.2 Å². The maximum absolute atomic E-state index is 14.8. The van der Waals surface area contributed by atoms with Crippen LogP contribution in [0, 0.1) is 35.3 Å². The van der Waals surface area contributed by atoms with Crippen molar-refractivity contribution in [1.82, 2.24) is 15.6 Å². The second-order valence-corrected chi connectivity index (χ2v) is 15.0. The van der Waals surface area contributed by atoms with E-state index in [2.05, 4.69) is 15.6 Å². The molecule has 10 heteroatoms. The fourth-order valence-corrected chi connectivity index (χ4v) is 7.85. The molecule has 0 fully saturated rings. The van der Waals surface area contributed by atoms with Crippen molar-refractivity contribution < 1.29 is 28.0 Å². The van der Waals surface area contributed by atoms with Gasteiger partial charge in [-0.2, -0.15) is 0 Å².